The molecule has 0 saturated heterocycles. The number of nitrogens with one attached hydrogen (secondary N) is 1. The average Bonchev–Trinajstić information content (AvgIpc) is 2.84. The monoisotopic (exact) mass is 475 g/mol. The first kappa shape index (κ1) is 25.9. The smallest absolute Gasteiger partial charge is 0.335 e. The minimum atomic E-state index is -0.915. The van der Waals surface area contributed by atoms with Crippen molar-refractivity contribution in [1.82, 2.24) is 9.80 Å². The molecule has 1 amide bonds. The molecule has 0 unspecified atom stereocenters. The number of hydrogen-bond acceptors (Lipinski definition) is 5. The van der Waals surface area contributed by atoms with Crippen LogP contribution in [0.2, 0.25) is 0 Å². The summed E-state index contributed by atoms with van der Waals surface area (Å²) in [6.45, 7) is 3.23. The third-order valence-electron chi connectivity index (χ3n) is 5.53. The highest BCUT2D eigenvalue weighted by Gasteiger charge is 2.09. The van der Waals surface area contributed by atoms with Crippen molar-refractivity contribution in [2.24, 2.45) is 0 Å². The first-order valence-corrected chi connectivity index (χ1v) is 11.6. The summed E-state index contributed by atoms with van der Waals surface area (Å²) >= 11 is 0. The number of carboxylic acid groups (broad SMARTS) is 1. The lowest BCUT2D eigenvalue weighted by Crippen LogP contribution is -2.32. The van der Waals surface area contributed by atoms with Gasteiger partial charge in [-0.15, -0.1) is 0 Å². The van der Waals surface area contributed by atoms with Crippen LogP contribution in [0.3, 0.4) is 0 Å². The van der Waals surface area contributed by atoms with E-state index in [9.17, 15) is 9.59 Å². The number of rotatable bonds is 13. The zero-order valence-electron chi connectivity index (χ0n) is 20.3. The summed E-state index contributed by atoms with van der Waals surface area (Å²) in [6, 6.07) is 24.3. The van der Waals surface area contributed by atoms with Gasteiger partial charge in [-0.1, -0.05) is 42.5 Å². The van der Waals surface area contributed by atoms with Crippen molar-refractivity contribution >= 4 is 17.6 Å². The van der Waals surface area contributed by atoms with Crippen LogP contribution in [0.4, 0.5) is 5.69 Å². The molecule has 7 heteroatoms. The number of benzene rings is 3. The fraction of sp³-hybridized carbons (Fsp3) is 0.286. The summed E-state index contributed by atoms with van der Waals surface area (Å²) in [5.41, 5.74) is 3.21. The third-order valence-corrected chi connectivity index (χ3v) is 5.53. The SMILES string of the molecule is CN(CCCN(C)Cc1ccc(C(=O)O)cc1)CC(=O)Nc1ccc(OCc2ccccc2)cc1. The number of nitrogens with zero attached hydrogens (tertiary/aromatic N) is 2. The molecule has 0 saturated carbocycles. The summed E-state index contributed by atoms with van der Waals surface area (Å²) in [4.78, 5) is 27.5. The molecule has 0 aliphatic carbocycles. The molecule has 7 nitrogen and oxygen atoms in total. The molecular formula is C28H33N3O4. The zero-order valence-corrected chi connectivity index (χ0v) is 20.3. The van der Waals surface area contributed by atoms with Gasteiger partial charge in [-0.05, 0) is 81.1 Å². The molecule has 0 atom stereocenters. The maximum atomic E-state index is 12.4. The van der Waals surface area contributed by atoms with Crippen LogP contribution >= 0.6 is 0 Å². The maximum Gasteiger partial charge on any atom is 0.335 e. The molecule has 0 radical (unpaired) electrons. The number of carboxylic acids is 1. The Morgan fingerprint density at radius 2 is 1.49 bits per heavy atom. The molecule has 0 fully saturated rings. The lowest BCUT2D eigenvalue weighted by Gasteiger charge is -2.20. The Morgan fingerprint density at radius 1 is 0.829 bits per heavy atom. The Bertz CT molecular complexity index is 1070. The largest absolute Gasteiger partial charge is 0.489 e. The predicted molar refractivity (Wildman–Crippen MR) is 138 cm³/mol. The van der Waals surface area contributed by atoms with E-state index in [1.54, 1.807) is 12.1 Å². The van der Waals surface area contributed by atoms with E-state index in [1.807, 2.05) is 85.7 Å². The van der Waals surface area contributed by atoms with Gasteiger partial charge in [0, 0.05) is 12.2 Å². The van der Waals surface area contributed by atoms with Crippen LogP contribution in [0.1, 0.15) is 27.9 Å². The van der Waals surface area contributed by atoms with Crippen LogP contribution in [0.15, 0.2) is 78.9 Å². The van der Waals surface area contributed by atoms with Gasteiger partial charge in [0.15, 0.2) is 0 Å². The van der Waals surface area contributed by atoms with E-state index in [0.717, 1.165) is 48.6 Å². The molecule has 0 heterocycles. The van der Waals surface area contributed by atoms with Crippen molar-refractivity contribution in [2.75, 3.05) is 39.0 Å². The van der Waals surface area contributed by atoms with E-state index in [4.69, 9.17) is 9.84 Å². The Morgan fingerprint density at radius 3 is 2.14 bits per heavy atom. The van der Waals surface area contributed by atoms with Crippen molar-refractivity contribution < 1.29 is 19.4 Å². The molecular weight excluding hydrogens is 442 g/mol. The number of ether oxygens (including phenoxy) is 1. The molecule has 0 spiro atoms. The molecule has 3 aromatic rings. The number of carbonyl (C=O) groups is 2. The summed E-state index contributed by atoms with van der Waals surface area (Å²) in [5.74, 6) is -0.218. The van der Waals surface area contributed by atoms with Gasteiger partial charge in [-0.3, -0.25) is 9.69 Å². The fourth-order valence-corrected chi connectivity index (χ4v) is 3.65. The van der Waals surface area contributed by atoms with Crippen molar-refractivity contribution in [3.05, 3.63) is 95.6 Å². The van der Waals surface area contributed by atoms with E-state index < -0.39 is 5.97 Å². The van der Waals surface area contributed by atoms with Gasteiger partial charge >= 0.3 is 5.97 Å². The summed E-state index contributed by atoms with van der Waals surface area (Å²) in [7, 11) is 3.97. The quantitative estimate of drug-likeness (QED) is 0.382. The van der Waals surface area contributed by atoms with E-state index in [2.05, 4.69) is 10.2 Å². The van der Waals surface area contributed by atoms with Crippen LogP contribution in [-0.4, -0.2) is 60.5 Å². The Hall–Kier alpha value is -3.68. The van der Waals surface area contributed by atoms with Crippen molar-refractivity contribution in [3.8, 4) is 5.75 Å². The van der Waals surface area contributed by atoms with Crippen LogP contribution in [-0.2, 0) is 17.9 Å². The number of likely N-dealkylation sites (N-methyl/N-ethyl adjacent to an activating group) is 1. The van der Waals surface area contributed by atoms with Gasteiger partial charge in [0.1, 0.15) is 12.4 Å². The minimum Gasteiger partial charge on any atom is -0.489 e. The second-order valence-electron chi connectivity index (χ2n) is 8.68. The number of amides is 1. The molecule has 35 heavy (non-hydrogen) atoms. The van der Waals surface area contributed by atoms with E-state index in [0.29, 0.717) is 18.7 Å². The van der Waals surface area contributed by atoms with Crippen molar-refractivity contribution in [1.29, 1.82) is 0 Å². The van der Waals surface area contributed by atoms with Gasteiger partial charge < -0.3 is 20.1 Å². The van der Waals surface area contributed by atoms with Crippen molar-refractivity contribution in [3.63, 3.8) is 0 Å². The molecule has 0 aromatic heterocycles. The fourth-order valence-electron chi connectivity index (χ4n) is 3.65. The summed E-state index contributed by atoms with van der Waals surface area (Å²) in [6.07, 6.45) is 0.918. The van der Waals surface area contributed by atoms with Gasteiger partial charge in [0.25, 0.3) is 0 Å². The van der Waals surface area contributed by atoms with Crippen LogP contribution < -0.4 is 10.1 Å². The van der Waals surface area contributed by atoms with Gasteiger partial charge in [0.2, 0.25) is 5.91 Å². The summed E-state index contributed by atoms with van der Waals surface area (Å²) in [5, 5.41) is 11.9. The molecule has 184 valence electrons. The second-order valence-corrected chi connectivity index (χ2v) is 8.68. The first-order chi connectivity index (χ1) is 16.9. The van der Waals surface area contributed by atoms with E-state index in [-0.39, 0.29) is 5.91 Å². The van der Waals surface area contributed by atoms with Crippen LogP contribution in [0.5, 0.6) is 5.75 Å². The highest BCUT2D eigenvalue weighted by molar-refractivity contribution is 5.92. The topological polar surface area (TPSA) is 82.1 Å². The molecule has 0 aliphatic rings. The predicted octanol–water partition coefficient (Wildman–Crippen LogP) is 4.36. The van der Waals surface area contributed by atoms with Gasteiger partial charge in [0.05, 0.1) is 12.1 Å². The normalized spacial score (nSPS) is 11.0. The summed E-state index contributed by atoms with van der Waals surface area (Å²) < 4.78 is 5.78. The molecule has 0 bridgehead atoms. The van der Waals surface area contributed by atoms with Crippen molar-refractivity contribution in [2.45, 2.75) is 19.6 Å². The van der Waals surface area contributed by atoms with Crippen LogP contribution in [0, 0.1) is 0 Å². The minimum absolute atomic E-state index is 0.0580. The zero-order chi connectivity index (χ0) is 25.0. The highest BCUT2D eigenvalue weighted by Crippen LogP contribution is 2.17. The maximum absolute atomic E-state index is 12.4. The highest BCUT2D eigenvalue weighted by atomic mass is 16.5. The van der Waals surface area contributed by atoms with E-state index in [1.165, 1.54) is 0 Å². The van der Waals surface area contributed by atoms with E-state index >= 15 is 0 Å². The lowest BCUT2D eigenvalue weighted by molar-refractivity contribution is -0.117. The molecule has 3 rings (SSSR count). The number of hydrogen-bond donors (Lipinski definition) is 2. The number of aromatic carboxylic acids is 1. The standard InChI is InChI=1S/C28H33N3O4/c1-30(19-22-9-11-24(12-10-22)28(33)34)17-6-18-31(2)20-27(32)29-25-13-15-26(16-14-25)35-21-23-7-4-3-5-8-23/h3-5,7-16H,6,17-21H2,1-2H3,(H,29,32)(H,33,34). The second kappa shape index (κ2) is 13.3. The molecule has 0 aliphatic heterocycles. The third kappa shape index (κ3) is 9.23. The first-order valence-electron chi connectivity index (χ1n) is 11.6. The van der Waals surface area contributed by atoms with Gasteiger partial charge in [-0.25, -0.2) is 4.79 Å². The molecule has 2 N–H and O–H groups in total. The Labute approximate surface area is 206 Å². The number of carbonyl (C=O) groups excluding carboxylic acids is 1. The average molecular weight is 476 g/mol. The Balaban J connectivity index is 1.32. The Kier molecular flexibility index (Phi) is 9.83. The van der Waals surface area contributed by atoms with Gasteiger partial charge in [-0.2, -0.15) is 0 Å². The lowest BCUT2D eigenvalue weighted by atomic mass is 10.1. The number of anilines is 1. The molecule has 3 aromatic carbocycles. The van der Waals surface area contributed by atoms with Crippen LogP contribution in [0.25, 0.3) is 0 Å².